The highest BCUT2D eigenvalue weighted by molar-refractivity contribution is 5.85. The molecule has 3 rings (SSSR count). The number of pyridine rings is 1. The summed E-state index contributed by atoms with van der Waals surface area (Å²) in [5.41, 5.74) is 0. The first-order chi connectivity index (χ1) is 7.77. The van der Waals surface area contributed by atoms with Crippen LogP contribution in [0.3, 0.4) is 0 Å². The number of rotatable bonds is 3. The Morgan fingerprint density at radius 2 is 1.82 bits per heavy atom. The summed E-state index contributed by atoms with van der Waals surface area (Å²) in [7, 11) is 0. The molecule has 2 unspecified atom stereocenters. The number of fused-ring (bicyclic) bond motifs is 1. The van der Waals surface area contributed by atoms with Gasteiger partial charge in [0.1, 0.15) is 0 Å². The molecule has 6 heteroatoms. The fourth-order valence-corrected chi connectivity index (χ4v) is 2.51. The molecule has 17 heavy (non-hydrogen) atoms. The molecule has 1 saturated heterocycles. The number of hydrogen-bond donors (Lipinski definition) is 1. The third kappa shape index (κ3) is 2.21. The quantitative estimate of drug-likeness (QED) is 0.899. The number of halogens is 3. The van der Waals surface area contributed by atoms with Gasteiger partial charge in [0.2, 0.25) is 0 Å². The van der Waals surface area contributed by atoms with Crippen LogP contribution >= 0.6 is 12.4 Å². The number of nitrogens with zero attached hydrogens (tertiary/aromatic N) is 1. The number of nitrogens with one attached hydrogen (secondary N) is 1. The van der Waals surface area contributed by atoms with E-state index in [1.807, 2.05) is 0 Å². The number of hydrogen-bond acceptors (Lipinski definition) is 3. The molecule has 2 aliphatic rings. The minimum Gasteiger partial charge on any atom is -0.487 e. The van der Waals surface area contributed by atoms with E-state index in [1.54, 1.807) is 0 Å². The summed E-state index contributed by atoms with van der Waals surface area (Å²) in [6.45, 7) is 2.40. The largest absolute Gasteiger partial charge is 0.487 e. The predicted molar refractivity (Wildman–Crippen MR) is 60.2 cm³/mol. The maximum atomic E-state index is 13.2. The molecule has 1 aliphatic carbocycles. The first kappa shape index (κ1) is 12.5. The van der Waals surface area contributed by atoms with Gasteiger partial charge in [0.05, 0.1) is 19.0 Å². The van der Waals surface area contributed by atoms with E-state index in [2.05, 4.69) is 10.3 Å². The van der Waals surface area contributed by atoms with Gasteiger partial charge in [-0.3, -0.25) is 4.98 Å². The van der Waals surface area contributed by atoms with Crippen molar-refractivity contribution in [2.24, 2.45) is 17.8 Å². The Morgan fingerprint density at radius 3 is 2.41 bits per heavy atom. The van der Waals surface area contributed by atoms with Crippen molar-refractivity contribution in [2.45, 2.75) is 0 Å². The lowest BCUT2D eigenvalue weighted by Gasteiger charge is -2.09. The van der Waals surface area contributed by atoms with E-state index in [-0.39, 0.29) is 18.2 Å². The van der Waals surface area contributed by atoms with Gasteiger partial charge in [0, 0.05) is 5.92 Å². The van der Waals surface area contributed by atoms with Gasteiger partial charge in [0.15, 0.2) is 17.4 Å². The Morgan fingerprint density at radius 1 is 1.24 bits per heavy atom. The number of aromatic nitrogens is 1. The van der Waals surface area contributed by atoms with Crippen molar-refractivity contribution < 1.29 is 13.5 Å². The smallest absolute Gasteiger partial charge is 0.193 e. The van der Waals surface area contributed by atoms with Crippen LogP contribution in [0.5, 0.6) is 5.75 Å². The first-order valence-electron chi connectivity index (χ1n) is 5.40. The molecule has 1 aromatic rings. The lowest BCUT2D eigenvalue weighted by atomic mass is 10.3. The molecule has 0 aromatic carbocycles. The van der Waals surface area contributed by atoms with Crippen LogP contribution in [0.2, 0.25) is 0 Å². The van der Waals surface area contributed by atoms with Crippen molar-refractivity contribution in [3.05, 3.63) is 24.0 Å². The van der Waals surface area contributed by atoms with Gasteiger partial charge < -0.3 is 10.1 Å². The average molecular weight is 263 g/mol. The lowest BCUT2D eigenvalue weighted by molar-refractivity contribution is 0.254. The molecule has 1 saturated carbocycles. The minimum absolute atomic E-state index is 0. The molecule has 2 atom stereocenters. The van der Waals surface area contributed by atoms with Crippen LogP contribution in [0, 0.1) is 29.4 Å². The normalized spacial score (nSPS) is 29.4. The molecule has 94 valence electrons. The molecule has 0 spiro atoms. The van der Waals surface area contributed by atoms with Crippen LogP contribution in [-0.4, -0.2) is 24.7 Å². The third-order valence-electron chi connectivity index (χ3n) is 3.50. The first-order valence-corrected chi connectivity index (χ1v) is 5.40. The standard InChI is InChI=1S/C11H12F2N2O.ClH/c12-9-3-15-4-10(13)11(9)16-5-8-6-1-14-2-7(6)8;/h3-4,6-8,14H,1-2,5H2;1H. The van der Waals surface area contributed by atoms with Gasteiger partial charge in [0.25, 0.3) is 0 Å². The van der Waals surface area contributed by atoms with Crippen LogP contribution in [0.25, 0.3) is 0 Å². The fourth-order valence-electron chi connectivity index (χ4n) is 2.51. The average Bonchev–Trinajstić information content (AvgIpc) is 2.72. The van der Waals surface area contributed by atoms with E-state index in [0.717, 1.165) is 25.5 Å². The van der Waals surface area contributed by atoms with Crippen molar-refractivity contribution in [3.8, 4) is 5.75 Å². The molecule has 0 radical (unpaired) electrons. The second-order valence-corrected chi connectivity index (χ2v) is 4.39. The maximum absolute atomic E-state index is 13.2. The Hall–Kier alpha value is -0.940. The summed E-state index contributed by atoms with van der Waals surface area (Å²) < 4.78 is 31.6. The van der Waals surface area contributed by atoms with Crippen molar-refractivity contribution in [1.82, 2.24) is 10.3 Å². The molecule has 2 fully saturated rings. The summed E-state index contributed by atoms with van der Waals surface area (Å²) in [6.07, 6.45) is 1.93. The lowest BCUT2D eigenvalue weighted by Crippen LogP contribution is -2.18. The van der Waals surface area contributed by atoms with E-state index in [9.17, 15) is 8.78 Å². The van der Waals surface area contributed by atoms with E-state index in [0.29, 0.717) is 24.4 Å². The molecule has 3 nitrogen and oxygen atoms in total. The van der Waals surface area contributed by atoms with E-state index >= 15 is 0 Å². The summed E-state index contributed by atoms with van der Waals surface area (Å²) in [5, 5.41) is 3.26. The Labute approximate surface area is 104 Å². The second kappa shape index (κ2) is 4.74. The van der Waals surface area contributed by atoms with E-state index < -0.39 is 11.6 Å². The van der Waals surface area contributed by atoms with Gasteiger partial charge in [-0.05, 0) is 24.9 Å². The monoisotopic (exact) mass is 262 g/mol. The van der Waals surface area contributed by atoms with Crippen LogP contribution < -0.4 is 10.1 Å². The molecule has 0 bridgehead atoms. The Kier molecular flexibility index (Phi) is 3.49. The van der Waals surface area contributed by atoms with Gasteiger partial charge in [-0.15, -0.1) is 12.4 Å². The molecule has 0 amide bonds. The van der Waals surface area contributed by atoms with Gasteiger partial charge >= 0.3 is 0 Å². The van der Waals surface area contributed by atoms with Crippen molar-refractivity contribution in [2.75, 3.05) is 19.7 Å². The zero-order valence-corrected chi connectivity index (χ0v) is 9.84. The zero-order valence-electron chi connectivity index (χ0n) is 9.03. The summed E-state index contributed by atoms with van der Waals surface area (Å²) >= 11 is 0. The highest BCUT2D eigenvalue weighted by Gasteiger charge is 2.53. The summed E-state index contributed by atoms with van der Waals surface area (Å²) in [4.78, 5) is 3.40. The number of ether oxygens (including phenoxy) is 1. The van der Waals surface area contributed by atoms with E-state index in [1.165, 1.54) is 0 Å². The fraction of sp³-hybridized carbons (Fsp3) is 0.545. The minimum atomic E-state index is -0.732. The van der Waals surface area contributed by atoms with Crippen molar-refractivity contribution >= 4 is 12.4 Å². The Balaban J connectivity index is 0.00000108. The summed E-state index contributed by atoms with van der Waals surface area (Å²) in [6, 6.07) is 0. The molecular formula is C11H13ClF2N2O. The maximum Gasteiger partial charge on any atom is 0.193 e. The highest BCUT2D eigenvalue weighted by Crippen LogP contribution is 2.48. The van der Waals surface area contributed by atoms with Gasteiger partial charge in [-0.1, -0.05) is 0 Å². The van der Waals surface area contributed by atoms with Crippen LogP contribution in [-0.2, 0) is 0 Å². The molecule has 1 aliphatic heterocycles. The molecule has 2 heterocycles. The highest BCUT2D eigenvalue weighted by atomic mass is 35.5. The van der Waals surface area contributed by atoms with Gasteiger partial charge in [-0.2, -0.15) is 0 Å². The molecule has 1 N–H and O–H groups in total. The molecular weight excluding hydrogens is 250 g/mol. The topological polar surface area (TPSA) is 34.1 Å². The van der Waals surface area contributed by atoms with Gasteiger partial charge in [-0.25, -0.2) is 8.78 Å². The van der Waals surface area contributed by atoms with Crippen molar-refractivity contribution in [3.63, 3.8) is 0 Å². The van der Waals surface area contributed by atoms with Crippen LogP contribution in [0.1, 0.15) is 0 Å². The SMILES string of the molecule is Cl.Fc1cncc(F)c1OCC1C2CNCC21. The second-order valence-electron chi connectivity index (χ2n) is 4.39. The van der Waals surface area contributed by atoms with Crippen LogP contribution in [0.15, 0.2) is 12.4 Å². The Bertz CT molecular complexity index is 388. The van der Waals surface area contributed by atoms with Crippen molar-refractivity contribution in [1.29, 1.82) is 0 Å². The summed E-state index contributed by atoms with van der Waals surface area (Å²) in [5.74, 6) is -0.0464. The zero-order chi connectivity index (χ0) is 11.1. The number of piperidine rings is 1. The third-order valence-corrected chi connectivity index (χ3v) is 3.50. The predicted octanol–water partition coefficient (Wildman–Crippen LogP) is 1.63. The van der Waals surface area contributed by atoms with E-state index in [4.69, 9.17) is 4.74 Å². The molecule has 1 aromatic heterocycles. The van der Waals surface area contributed by atoms with Crippen LogP contribution in [0.4, 0.5) is 8.78 Å².